The molecule has 0 bridgehead atoms. The van der Waals surface area contributed by atoms with Gasteiger partial charge in [0.05, 0.1) is 17.7 Å². The topological polar surface area (TPSA) is 30.5 Å². The first kappa shape index (κ1) is 13.0. The number of hydrogen-bond acceptors (Lipinski definition) is 3. The molecule has 0 amide bonds. The fourth-order valence-electron chi connectivity index (χ4n) is 3.72. The zero-order chi connectivity index (χ0) is 13.5. The molecule has 3 nitrogen and oxygen atoms in total. The van der Waals surface area contributed by atoms with Crippen LogP contribution < -0.4 is 14.8 Å². The number of benzene rings is 1. The number of ether oxygens (including phenoxy) is 2. The Morgan fingerprint density at radius 3 is 2.45 bits per heavy atom. The summed E-state index contributed by atoms with van der Waals surface area (Å²) in [6.45, 7) is 2.80. The predicted octanol–water partition coefficient (Wildman–Crippen LogP) is 3.52. The van der Waals surface area contributed by atoms with Crippen LogP contribution in [0.15, 0.2) is 4.47 Å². The van der Waals surface area contributed by atoms with Crippen molar-refractivity contribution in [3.8, 4) is 11.5 Å². The van der Waals surface area contributed by atoms with Gasteiger partial charge in [-0.1, -0.05) is 0 Å². The third-order valence-corrected chi connectivity index (χ3v) is 5.46. The second kappa shape index (κ2) is 5.23. The minimum absolute atomic E-state index is 0.449. The Labute approximate surface area is 128 Å². The van der Waals surface area contributed by atoms with E-state index in [0.29, 0.717) is 6.04 Å². The Kier molecular flexibility index (Phi) is 3.39. The second-order valence-electron chi connectivity index (χ2n) is 5.90. The van der Waals surface area contributed by atoms with E-state index in [9.17, 15) is 0 Å². The molecule has 1 saturated heterocycles. The monoisotopic (exact) mass is 337 g/mol. The Morgan fingerprint density at radius 1 is 0.950 bits per heavy atom. The minimum Gasteiger partial charge on any atom is -0.493 e. The van der Waals surface area contributed by atoms with Gasteiger partial charge in [0.2, 0.25) is 0 Å². The van der Waals surface area contributed by atoms with Gasteiger partial charge in [0.25, 0.3) is 0 Å². The van der Waals surface area contributed by atoms with E-state index < -0.39 is 0 Å². The van der Waals surface area contributed by atoms with Crippen molar-refractivity contribution in [3.63, 3.8) is 0 Å². The molecule has 0 saturated carbocycles. The molecule has 0 radical (unpaired) electrons. The Balaban J connectivity index is 1.93. The van der Waals surface area contributed by atoms with E-state index in [1.807, 2.05) is 0 Å². The van der Waals surface area contributed by atoms with Gasteiger partial charge in [0.1, 0.15) is 11.5 Å². The van der Waals surface area contributed by atoms with Crippen molar-refractivity contribution in [2.24, 2.45) is 0 Å². The summed E-state index contributed by atoms with van der Waals surface area (Å²) in [5, 5.41) is 3.64. The van der Waals surface area contributed by atoms with Crippen molar-refractivity contribution in [2.45, 2.75) is 44.6 Å². The van der Waals surface area contributed by atoms with Crippen LogP contribution in [0.2, 0.25) is 0 Å². The molecule has 3 aliphatic heterocycles. The normalized spacial score (nSPS) is 24.6. The van der Waals surface area contributed by atoms with E-state index in [0.717, 1.165) is 61.4 Å². The first-order valence-electron chi connectivity index (χ1n) is 7.72. The standard InChI is InChI=1S/C16H20BrNO2/c17-14-11-5-3-8-19-15(11)13(12-6-1-7-18-12)10-4-2-9-20-16(10)14/h12,18H,1-9H2. The average Bonchev–Trinajstić information content (AvgIpc) is 3.02. The number of rotatable bonds is 1. The van der Waals surface area contributed by atoms with Crippen LogP contribution in [0, 0.1) is 0 Å². The smallest absolute Gasteiger partial charge is 0.137 e. The second-order valence-corrected chi connectivity index (χ2v) is 6.69. The molecule has 3 heterocycles. The lowest BCUT2D eigenvalue weighted by Crippen LogP contribution is -2.22. The van der Waals surface area contributed by atoms with Crippen LogP contribution in [0.1, 0.15) is 48.4 Å². The third kappa shape index (κ3) is 1.96. The first-order chi connectivity index (χ1) is 9.86. The molecule has 0 aliphatic carbocycles. The van der Waals surface area contributed by atoms with Crippen LogP contribution in [0.5, 0.6) is 11.5 Å². The molecule has 1 unspecified atom stereocenters. The maximum Gasteiger partial charge on any atom is 0.137 e. The van der Waals surface area contributed by atoms with Crippen LogP contribution in [0.3, 0.4) is 0 Å². The molecule has 1 aromatic carbocycles. The van der Waals surface area contributed by atoms with Crippen LogP contribution >= 0.6 is 15.9 Å². The lowest BCUT2D eigenvalue weighted by Gasteiger charge is -2.31. The lowest BCUT2D eigenvalue weighted by atomic mass is 9.89. The van der Waals surface area contributed by atoms with Crippen molar-refractivity contribution in [1.82, 2.24) is 5.32 Å². The molecule has 1 fully saturated rings. The highest BCUT2D eigenvalue weighted by Crippen LogP contribution is 2.49. The minimum atomic E-state index is 0.449. The number of nitrogens with one attached hydrogen (secondary N) is 1. The summed E-state index contributed by atoms with van der Waals surface area (Å²) in [6, 6.07) is 0.449. The Hall–Kier alpha value is -0.740. The summed E-state index contributed by atoms with van der Waals surface area (Å²) in [5.41, 5.74) is 4.10. The van der Waals surface area contributed by atoms with Crippen molar-refractivity contribution in [2.75, 3.05) is 19.8 Å². The summed E-state index contributed by atoms with van der Waals surface area (Å²) >= 11 is 3.77. The summed E-state index contributed by atoms with van der Waals surface area (Å²) in [6.07, 6.45) is 6.87. The molecular weight excluding hydrogens is 318 g/mol. The van der Waals surface area contributed by atoms with Crippen molar-refractivity contribution >= 4 is 15.9 Å². The van der Waals surface area contributed by atoms with Crippen LogP contribution in [-0.2, 0) is 12.8 Å². The molecule has 4 heteroatoms. The summed E-state index contributed by atoms with van der Waals surface area (Å²) in [5.74, 6) is 2.23. The van der Waals surface area contributed by atoms with Gasteiger partial charge in [-0.05, 0) is 61.0 Å². The molecular formula is C16H20BrNO2. The largest absolute Gasteiger partial charge is 0.493 e. The fraction of sp³-hybridized carbons (Fsp3) is 0.625. The zero-order valence-electron chi connectivity index (χ0n) is 11.6. The SMILES string of the molecule is Brc1c2c(c(C3CCCN3)c3c1OCCC3)OCCC2. The van der Waals surface area contributed by atoms with Gasteiger partial charge >= 0.3 is 0 Å². The van der Waals surface area contributed by atoms with Crippen molar-refractivity contribution in [1.29, 1.82) is 0 Å². The lowest BCUT2D eigenvalue weighted by molar-refractivity contribution is 0.264. The highest BCUT2D eigenvalue weighted by Gasteiger charge is 2.32. The van der Waals surface area contributed by atoms with E-state index >= 15 is 0 Å². The van der Waals surface area contributed by atoms with E-state index in [-0.39, 0.29) is 0 Å². The summed E-state index contributed by atoms with van der Waals surface area (Å²) in [4.78, 5) is 0. The number of hydrogen-bond donors (Lipinski definition) is 1. The van der Waals surface area contributed by atoms with E-state index in [1.54, 1.807) is 0 Å². The number of halogens is 1. The first-order valence-corrected chi connectivity index (χ1v) is 8.51. The van der Waals surface area contributed by atoms with Crippen molar-refractivity contribution < 1.29 is 9.47 Å². The van der Waals surface area contributed by atoms with Gasteiger partial charge < -0.3 is 14.8 Å². The average molecular weight is 338 g/mol. The van der Waals surface area contributed by atoms with Crippen LogP contribution in [0.25, 0.3) is 0 Å². The maximum atomic E-state index is 6.09. The maximum absolute atomic E-state index is 6.09. The van der Waals surface area contributed by atoms with E-state index in [4.69, 9.17) is 9.47 Å². The van der Waals surface area contributed by atoms with Crippen molar-refractivity contribution in [3.05, 3.63) is 21.2 Å². The molecule has 3 aliphatic rings. The summed E-state index contributed by atoms with van der Waals surface area (Å²) in [7, 11) is 0. The van der Waals surface area contributed by atoms with Gasteiger partial charge in [-0.2, -0.15) is 0 Å². The van der Waals surface area contributed by atoms with Gasteiger partial charge in [0.15, 0.2) is 0 Å². The molecule has 108 valence electrons. The van der Waals surface area contributed by atoms with Gasteiger partial charge in [-0.25, -0.2) is 0 Å². The third-order valence-electron chi connectivity index (χ3n) is 4.63. The molecule has 4 rings (SSSR count). The van der Waals surface area contributed by atoms with Gasteiger partial charge in [0, 0.05) is 22.7 Å². The number of fused-ring (bicyclic) bond motifs is 2. The molecule has 1 atom stereocenters. The summed E-state index contributed by atoms with van der Waals surface area (Å²) < 4.78 is 13.2. The van der Waals surface area contributed by atoms with Gasteiger partial charge in [-0.3, -0.25) is 0 Å². The molecule has 20 heavy (non-hydrogen) atoms. The van der Waals surface area contributed by atoms with Crippen LogP contribution in [0.4, 0.5) is 0 Å². The molecule has 1 N–H and O–H groups in total. The van der Waals surface area contributed by atoms with Gasteiger partial charge in [-0.15, -0.1) is 0 Å². The molecule has 0 aromatic heterocycles. The zero-order valence-corrected chi connectivity index (χ0v) is 13.2. The molecule has 0 spiro atoms. The highest BCUT2D eigenvalue weighted by atomic mass is 79.9. The van der Waals surface area contributed by atoms with E-state index in [1.165, 1.54) is 29.5 Å². The highest BCUT2D eigenvalue weighted by molar-refractivity contribution is 9.10. The Bertz CT molecular complexity index is 501. The quantitative estimate of drug-likeness (QED) is 0.850. The molecule has 1 aromatic rings. The van der Waals surface area contributed by atoms with E-state index in [2.05, 4.69) is 21.2 Å². The van der Waals surface area contributed by atoms with Crippen LogP contribution in [-0.4, -0.2) is 19.8 Å². The Morgan fingerprint density at radius 2 is 1.70 bits per heavy atom. The fourth-order valence-corrected chi connectivity index (χ4v) is 4.46. The predicted molar refractivity (Wildman–Crippen MR) is 81.8 cm³/mol.